The summed E-state index contributed by atoms with van der Waals surface area (Å²) in [6.45, 7) is 2.02. The zero-order valence-electron chi connectivity index (χ0n) is 26.7. The largest absolute Gasteiger partial charge is 0.423 e. The van der Waals surface area contributed by atoms with Crippen molar-refractivity contribution in [3.8, 4) is 11.5 Å². The minimum Gasteiger partial charge on any atom is -0.423 e. The van der Waals surface area contributed by atoms with Gasteiger partial charge in [0.15, 0.2) is 0 Å². The zero-order chi connectivity index (χ0) is 32.8. The topological polar surface area (TPSA) is 123 Å². The van der Waals surface area contributed by atoms with Crippen molar-refractivity contribution in [1.29, 1.82) is 0 Å². The third-order valence-electron chi connectivity index (χ3n) is 7.26. The molecule has 0 fully saturated rings. The van der Waals surface area contributed by atoms with Crippen LogP contribution in [0.4, 0.5) is 0 Å². The van der Waals surface area contributed by atoms with E-state index < -0.39 is 17.8 Å². The van der Waals surface area contributed by atoms with Crippen LogP contribution < -0.4 is 20.2 Å². The first-order valence-corrected chi connectivity index (χ1v) is 16.2. The van der Waals surface area contributed by atoms with E-state index in [2.05, 4.69) is 22.8 Å². The number of hydrogen-bond donors (Lipinski definition) is 2. The molecule has 0 aliphatic heterocycles. The van der Waals surface area contributed by atoms with E-state index in [0.29, 0.717) is 23.1 Å². The van der Waals surface area contributed by atoms with Gasteiger partial charge in [-0.05, 0) is 42.8 Å². The Hall–Kier alpha value is -4.79. The van der Waals surface area contributed by atoms with Crippen molar-refractivity contribution < 1.29 is 28.7 Å². The number of amides is 2. The minimum atomic E-state index is -0.619. The van der Waals surface area contributed by atoms with Gasteiger partial charge in [-0.25, -0.2) is 15.0 Å². The van der Waals surface area contributed by atoms with Crippen molar-refractivity contribution in [2.45, 2.75) is 84.0 Å². The molecule has 2 N–H and O–H groups in total. The fourth-order valence-corrected chi connectivity index (χ4v) is 4.68. The Morgan fingerprint density at radius 3 is 1.78 bits per heavy atom. The Kier molecular flexibility index (Phi) is 16.3. The predicted molar refractivity (Wildman–Crippen MR) is 179 cm³/mol. The van der Waals surface area contributed by atoms with Crippen molar-refractivity contribution in [1.82, 2.24) is 10.7 Å². The third-order valence-corrected chi connectivity index (χ3v) is 7.26. The molecule has 0 unspecified atom stereocenters. The van der Waals surface area contributed by atoms with Gasteiger partial charge in [0.2, 0.25) is 5.91 Å². The highest BCUT2D eigenvalue weighted by Crippen LogP contribution is 2.26. The highest BCUT2D eigenvalue weighted by Gasteiger charge is 2.15. The summed E-state index contributed by atoms with van der Waals surface area (Å²) in [5.74, 6) is -1.63. The summed E-state index contributed by atoms with van der Waals surface area (Å²) < 4.78 is 11.1. The molecule has 0 radical (unpaired) electrons. The molecule has 3 rings (SSSR count). The Labute approximate surface area is 271 Å². The number of unbranched alkanes of at least 4 members (excludes halogenated alkanes) is 10. The van der Waals surface area contributed by atoms with E-state index >= 15 is 0 Å². The van der Waals surface area contributed by atoms with Crippen LogP contribution in [0.1, 0.15) is 110 Å². The molecule has 0 aliphatic carbocycles. The van der Waals surface area contributed by atoms with Crippen LogP contribution in [0.2, 0.25) is 0 Å². The smallest absolute Gasteiger partial charge is 0.343 e. The molecular formula is C37H45N3O6. The SMILES string of the molecule is CCCCCCCCCCCCCC(=O)NCC(=O)NN=Cc1ccc(OC(=O)c2ccccc2)cc1OC(=O)c1ccccc1. The summed E-state index contributed by atoms with van der Waals surface area (Å²) in [5.41, 5.74) is 3.41. The number of nitrogens with zero attached hydrogens (tertiary/aromatic N) is 1. The zero-order valence-corrected chi connectivity index (χ0v) is 26.7. The quantitative estimate of drug-likeness (QED) is 0.0443. The van der Waals surface area contributed by atoms with E-state index in [-0.39, 0.29) is 24.0 Å². The maximum Gasteiger partial charge on any atom is 0.343 e. The molecule has 0 bridgehead atoms. The van der Waals surface area contributed by atoms with Crippen LogP contribution in [0.25, 0.3) is 0 Å². The Bertz CT molecular complexity index is 1410. The van der Waals surface area contributed by atoms with E-state index in [9.17, 15) is 19.2 Å². The number of hydrogen-bond acceptors (Lipinski definition) is 7. The van der Waals surface area contributed by atoms with Gasteiger partial charge in [-0.2, -0.15) is 5.10 Å². The molecule has 0 spiro atoms. The summed E-state index contributed by atoms with van der Waals surface area (Å²) in [6.07, 6.45) is 14.9. The number of nitrogens with one attached hydrogen (secondary N) is 2. The Morgan fingerprint density at radius 2 is 1.20 bits per heavy atom. The maximum atomic E-state index is 12.8. The van der Waals surface area contributed by atoms with Crippen LogP contribution in [0.5, 0.6) is 11.5 Å². The lowest BCUT2D eigenvalue weighted by Crippen LogP contribution is -2.34. The van der Waals surface area contributed by atoms with Gasteiger partial charge >= 0.3 is 11.9 Å². The molecule has 2 amide bonds. The molecule has 0 heterocycles. The standard InChI is InChI=1S/C37H45N3O6/c1-2-3-4-5-6-7-8-9-10-11-18-23-34(41)38-28-35(42)40-39-27-31-24-25-32(45-36(43)29-19-14-12-15-20-29)26-33(31)46-37(44)30-21-16-13-17-22-30/h12-17,19-22,24-27H,2-11,18,23,28H2,1H3,(H,38,41)(H,40,42). The first-order valence-electron chi connectivity index (χ1n) is 16.2. The highest BCUT2D eigenvalue weighted by molar-refractivity contribution is 5.94. The molecule has 0 saturated heterocycles. The second-order valence-corrected chi connectivity index (χ2v) is 11.1. The first kappa shape index (κ1) is 35.7. The number of hydrazone groups is 1. The van der Waals surface area contributed by atoms with Gasteiger partial charge in [-0.15, -0.1) is 0 Å². The van der Waals surface area contributed by atoms with Gasteiger partial charge in [-0.3, -0.25) is 9.59 Å². The van der Waals surface area contributed by atoms with Crippen LogP contribution in [0, 0.1) is 0 Å². The van der Waals surface area contributed by atoms with Crippen molar-refractivity contribution in [3.05, 3.63) is 95.6 Å². The number of esters is 2. The van der Waals surface area contributed by atoms with Crippen LogP contribution in [0.15, 0.2) is 84.0 Å². The molecular weight excluding hydrogens is 582 g/mol. The summed E-state index contributed by atoms with van der Waals surface area (Å²) >= 11 is 0. The van der Waals surface area contributed by atoms with Gasteiger partial charge < -0.3 is 14.8 Å². The lowest BCUT2D eigenvalue weighted by molar-refractivity contribution is -0.126. The molecule has 3 aromatic carbocycles. The molecule has 9 nitrogen and oxygen atoms in total. The lowest BCUT2D eigenvalue weighted by atomic mass is 10.1. The predicted octanol–water partition coefficient (Wildman–Crippen LogP) is 7.39. The molecule has 3 aromatic rings. The van der Waals surface area contributed by atoms with Crippen molar-refractivity contribution in [2.75, 3.05) is 6.54 Å². The summed E-state index contributed by atoms with van der Waals surface area (Å²) in [4.78, 5) is 49.7. The molecule has 46 heavy (non-hydrogen) atoms. The molecule has 0 aromatic heterocycles. The van der Waals surface area contributed by atoms with E-state index in [1.807, 2.05) is 0 Å². The summed E-state index contributed by atoms with van der Waals surface area (Å²) in [7, 11) is 0. The van der Waals surface area contributed by atoms with E-state index in [1.54, 1.807) is 66.7 Å². The second-order valence-electron chi connectivity index (χ2n) is 11.1. The van der Waals surface area contributed by atoms with E-state index in [0.717, 1.165) is 19.3 Å². The number of benzene rings is 3. The number of carbonyl (C=O) groups is 4. The average molecular weight is 628 g/mol. The normalized spacial score (nSPS) is 10.8. The van der Waals surface area contributed by atoms with Crippen molar-refractivity contribution in [2.24, 2.45) is 5.10 Å². The molecule has 0 aliphatic rings. The average Bonchev–Trinajstić information content (AvgIpc) is 3.08. The number of carbonyl (C=O) groups excluding carboxylic acids is 4. The fourth-order valence-electron chi connectivity index (χ4n) is 4.68. The van der Waals surface area contributed by atoms with Gasteiger partial charge in [0.1, 0.15) is 11.5 Å². The van der Waals surface area contributed by atoms with E-state index in [1.165, 1.54) is 69.7 Å². The van der Waals surface area contributed by atoms with E-state index in [4.69, 9.17) is 9.47 Å². The number of ether oxygens (including phenoxy) is 2. The molecule has 244 valence electrons. The van der Waals surface area contributed by atoms with Crippen molar-refractivity contribution >= 4 is 30.0 Å². The number of rotatable bonds is 20. The van der Waals surface area contributed by atoms with Crippen LogP contribution in [-0.2, 0) is 9.59 Å². The van der Waals surface area contributed by atoms with Gasteiger partial charge in [-0.1, -0.05) is 108 Å². The highest BCUT2D eigenvalue weighted by atomic mass is 16.5. The Morgan fingerprint density at radius 1 is 0.652 bits per heavy atom. The summed E-state index contributed by atoms with van der Waals surface area (Å²) in [5, 5.41) is 6.57. The summed E-state index contributed by atoms with van der Waals surface area (Å²) in [6, 6.07) is 21.4. The minimum absolute atomic E-state index is 0.0745. The molecule has 9 heteroatoms. The van der Waals surface area contributed by atoms with Gasteiger partial charge in [0.05, 0.1) is 23.9 Å². The van der Waals surface area contributed by atoms with Crippen LogP contribution in [0.3, 0.4) is 0 Å². The van der Waals surface area contributed by atoms with Gasteiger partial charge in [0, 0.05) is 18.1 Å². The van der Waals surface area contributed by atoms with Crippen molar-refractivity contribution in [3.63, 3.8) is 0 Å². The lowest BCUT2D eigenvalue weighted by Gasteiger charge is -2.10. The fraction of sp³-hybridized carbons (Fsp3) is 0.378. The Balaban J connectivity index is 1.45. The third kappa shape index (κ3) is 13.9. The van der Waals surface area contributed by atoms with Crippen LogP contribution >= 0.6 is 0 Å². The molecule has 0 atom stereocenters. The monoisotopic (exact) mass is 627 g/mol. The second kappa shape index (κ2) is 21.0. The van der Waals surface area contributed by atoms with Crippen LogP contribution in [-0.4, -0.2) is 36.5 Å². The maximum absolute atomic E-state index is 12.8. The van der Waals surface area contributed by atoms with Gasteiger partial charge in [0.25, 0.3) is 5.91 Å². The molecule has 0 saturated carbocycles. The first-order chi connectivity index (χ1) is 22.5.